The van der Waals surface area contributed by atoms with Gasteiger partial charge in [0.25, 0.3) is 0 Å². The minimum Gasteiger partial charge on any atom is -0.544 e. The van der Waals surface area contributed by atoms with Gasteiger partial charge in [-0.1, -0.05) is 20.8 Å². The predicted octanol–water partition coefficient (Wildman–Crippen LogP) is 3.68. The van der Waals surface area contributed by atoms with Crippen molar-refractivity contribution in [3.05, 3.63) is 47.0 Å². The van der Waals surface area contributed by atoms with E-state index in [1.165, 1.54) is 4.57 Å². The molecule has 0 unspecified atom stereocenters. The minimum absolute atomic E-state index is 0.109. The van der Waals surface area contributed by atoms with Gasteiger partial charge >= 0.3 is 5.69 Å². The van der Waals surface area contributed by atoms with Crippen molar-refractivity contribution in [1.29, 1.82) is 0 Å². The zero-order chi connectivity index (χ0) is 23.3. The third-order valence-electron chi connectivity index (χ3n) is 6.45. The van der Waals surface area contributed by atoms with Crippen LogP contribution in [-0.4, -0.2) is 46.9 Å². The molecule has 1 aliphatic heterocycles. The summed E-state index contributed by atoms with van der Waals surface area (Å²) in [6, 6.07) is 9.52. The predicted molar refractivity (Wildman–Crippen MR) is 123 cm³/mol. The largest absolute Gasteiger partial charge is 0.544 e. The van der Waals surface area contributed by atoms with Gasteiger partial charge in [0.1, 0.15) is 23.8 Å². The van der Waals surface area contributed by atoms with Crippen LogP contribution in [0.1, 0.15) is 33.4 Å². The van der Waals surface area contributed by atoms with Crippen LogP contribution in [0.5, 0.6) is 5.75 Å². The van der Waals surface area contributed by atoms with E-state index in [1.807, 2.05) is 30.3 Å². The lowest BCUT2D eigenvalue weighted by molar-refractivity contribution is -0.0457. The molecular weight excluding hydrogens is 428 g/mol. The fourth-order valence-corrected chi connectivity index (χ4v) is 4.49. The zero-order valence-electron chi connectivity index (χ0n) is 19.0. The van der Waals surface area contributed by atoms with E-state index in [0.717, 1.165) is 11.3 Å². The number of benzene rings is 1. The van der Waals surface area contributed by atoms with E-state index in [1.54, 1.807) is 6.20 Å². The maximum absolute atomic E-state index is 12.5. The van der Waals surface area contributed by atoms with Crippen LogP contribution in [0.4, 0.5) is 0 Å². The lowest BCUT2D eigenvalue weighted by Gasteiger charge is -2.36. The molecule has 9 heteroatoms. The number of aromatic nitrogens is 2. The van der Waals surface area contributed by atoms with Crippen LogP contribution in [0.2, 0.25) is 18.1 Å². The molecule has 3 heterocycles. The van der Waals surface area contributed by atoms with Gasteiger partial charge in [0, 0.05) is 18.2 Å². The average Bonchev–Trinajstić information content (AvgIpc) is 3.29. The molecule has 0 radical (unpaired) electrons. The van der Waals surface area contributed by atoms with E-state index >= 15 is 0 Å². The first-order valence-electron chi connectivity index (χ1n) is 10.7. The molecule has 3 aromatic rings. The third kappa shape index (κ3) is 4.25. The first-order valence-corrected chi connectivity index (χ1v) is 13.7. The number of aliphatic hydroxyl groups is 2. The molecule has 8 nitrogen and oxygen atoms in total. The van der Waals surface area contributed by atoms with Crippen LogP contribution in [0, 0.1) is 0 Å². The summed E-state index contributed by atoms with van der Waals surface area (Å²) in [4.78, 5) is 16.5. The Kier molecular flexibility index (Phi) is 5.78. The van der Waals surface area contributed by atoms with Gasteiger partial charge in [-0.2, -0.15) is 4.98 Å². The Morgan fingerprint density at radius 3 is 2.53 bits per heavy atom. The van der Waals surface area contributed by atoms with Crippen LogP contribution in [0.15, 0.2) is 45.7 Å². The summed E-state index contributed by atoms with van der Waals surface area (Å²) in [5.41, 5.74) is 0.546. The van der Waals surface area contributed by atoms with Crippen molar-refractivity contribution in [2.45, 2.75) is 63.8 Å². The smallest absolute Gasteiger partial charge is 0.353 e. The number of aliphatic hydroxyl groups excluding tert-OH is 2. The summed E-state index contributed by atoms with van der Waals surface area (Å²) in [5, 5.41) is 20.0. The number of fused-ring (bicyclic) bond motifs is 1. The molecule has 0 aliphatic carbocycles. The maximum Gasteiger partial charge on any atom is 0.353 e. The van der Waals surface area contributed by atoms with Gasteiger partial charge in [-0.25, -0.2) is 4.79 Å². The number of hydrogen-bond donors (Lipinski definition) is 2. The van der Waals surface area contributed by atoms with Gasteiger partial charge in [0.2, 0.25) is 14.0 Å². The fourth-order valence-electron chi connectivity index (χ4n) is 3.46. The normalized spacial score (nSPS) is 21.9. The fraction of sp³-hybridized carbons (Fsp3) is 0.478. The molecule has 0 spiro atoms. The molecule has 4 rings (SSSR count). The van der Waals surface area contributed by atoms with Crippen LogP contribution in [0.25, 0.3) is 22.4 Å². The first kappa shape index (κ1) is 22.7. The van der Waals surface area contributed by atoms with E-state index in [0.29, 0.717) is 11.1 Å². The molecule has 1 aromatic carbocycles. The molecule has 1 fully saturated rings. The summed E-state index contributed by atoms with van der Waals surface area (Å²) in [7, 11) is -1.92. The molecule has 0 saturated carbocycles. The van der Waals surface area contributed by atoms with Crippen molar-refractivity contribution in [2.75, 3.05) is 6.61 Å². The molecule has 2 N–H and O–H groups in total. The lowest BCUT2D eigenvalue weighted by Crippen LogP contribution is -2.43. The highest BCUT2D eigenvalue weighted by molar-refractivity contribution is 6.74. The van der Waals surface area contributed by atoms with Gasteiger partial charge in [-0.05, 0) is 48.5 Å². The van der Waals surface area contributed by atoms with Gasteiger partial charge in [0.15, 0.2) is 0 Å². The summed E-state index contributed by atoms with van der Waals surface area (Å²) >= 11 is 0. The molecular formula is C23H30N2O6Si. The highest BCUT2D eigenvalue weighted by Crippen LogP contribution is 2.38. The van der Waals surface area contributed by atoms with Crippen LogP contribution < -0.4 is 10.1 Å². The van der Waals surface area contributed by atoms with Crippen LogP contribution in [0.3, 0.4) is 0 Å². The Hall–Kier alpha value is -2.46. The van der Waals surface area contributed by atoms with Crippen molar-refractivity contribution in [3.63, 3.8) is 0 Å². The van der Waals surface area contributed by atoms with Crippen molar-refractivity contribution in [1.82, 2.24) is 9.55 Å². The Morgan fingerprint density at radius 2 is 1.94 bits per heavy atom. The van der Waals surface area contributed by atoms with E-state index in [9.17, 15) is 15.0 Å². The quantitative estimate of drug-likeness (QED) is 0.562. The molecule has 172 valence electrons. The molecule has 3 atom stereocenters. The monoisotopic (exact) mass is 458 g/mol. The molecule has 32 heavy (non-hydrogen) atoms. The SMILES string of the molecule is CC(C)(C)[Si](C)(C)Oc1ccc(-c2cc3cn([C@H]4C[C@H](O)[C@@H](CO)O4)c(=O)nc3o2)cc1. The third-order valence-corrected chi connectivity index (χ3v) is 10.8. The van der Waals surface area contributed by atoms with E-state index in [4.69, 9.17) is 13.6 Å². The van der Waals surface area contributed by atoms with Crippen molar-refractivity contribution in [2.24, 2.45) is 0 Å². The average molecular weight is 459 g/mol. The number of rotatable bonds is 5. The number of furan rings is 1. The van der Waals surface area contributed by atoms with Gasteiger partial charge in [0.05, 0.1) is 18.1 Å². The van der Waals surface area contributed by atoms with E-state index < -0.39 is 32.4 Å². The maximum atomic E-state index is 12.5. The van der Waals surface area contributed by atoms with Crippen LogP contribution in [-0.2, 0) is 4.74 Å². The number of nitrogens with zero attached hydrogens (tertiary/aromatic N) is 2. The summed E-state index contributed by atoms with van der Waals surface area (Å²) in [6.07, 6.45) is -0.409. The summed E-state index contributed by atoms with van der Waals surface area (Å²) in [5.74, 6) is 1.41. The molecule has 1 aliphatic rings. The van der Waals surface area contributed by atoms with E-state index in [2.05, 4.69) is 38.8 Å². The molecule has 0 bridgehead atoms. The first-order chi connectivity index (χ1) is 15.0. The second-order valence-electron chi connectivity index (χ2n) is 9.80. The van der Waals surface area contributed by atoms with Gasteiger partial charge < -0.3 is 23.8 Å². The summed E-state index contributed by atoms with van der Waals surface area (Å²) < 4.78 is 19.1. The molecule has 0 amide bonds. The molecule has 2 aromatic heterocycles. The van der Waals surface area contributed by atoms with Crippen molar-refractivity contribution >= 4 is 19.4 Å². The highest BCUT2D eigenvalue weighted by atomic mass is 28.4. The van der Waals surface area contributed by atoms with Crippen LogP contribution >= 0.6 is 0 Å². The Bertz CT molecular complexity index is 1160. The number of ether oxygens (including phenoxy) is 1. The second kappa shape index (κ2) is 8.15. The number of hydrogen-bond acceptors (Lipinski definition) is 7. The van der Waals surface area contributed by atoms with Gasteiger partial charge in [-0.3, -0.25) is 4.57 Å². The van der Waals surface area contributed by atoms with E-state index in [-0.39, 0.29) is 23.8 Å². The minimum atomic E-state index is -1.92. The highest BCUT2D eigenvalue weighted by Gasteiger charge is 2.39. The van der Waals surface area contributed by atoms with Crippen molar-refractivity contribution in [3.8, 4) is 17.1 Å². The standard InChI is InChI=1S/C23H30N2O6Si/c1-23(2,3)32(4,5)31-16-8-6-14(7-9-16)18-10-15-12-25(22(28)24-21(15)30-18)20-11-17(27)19(13-26)29-20/h6-10,12,17,19-20,26-27H,11,13H2,1-5H3/t17-,19+,20+/m0/s1. The topological polar surface area (TPSA) is 107 Å². The molecule has 1 saturated heterocycles. The summed E-state index contributed by atoms with van der Waals surface area (Å²) in [6.45, 7) is 10.7. The Morgan fingerprint density at radius 1 is 1.25 bits per heavy atom. The zero-order valence-corrected chi connectivity index (χ0v) is 20.0. The van der Waals surface area contributed by atoms with Gasteiger partial charge in [-0.15, -0.1) is 0 Å². The Labute approximate surface area is 187 Å². The van der Waals surface area contributed by atoms with Crippen molar-refractivity contribution < 1.29 is 23.8 Å². The lowest BCUT2D eigenvalue weighted by atomic mass is 10.1. The second-order valence-corrected chi connectivity index (χ2v) is 14.5. The Balaban J connectivity index is 1.59.